The van der Waals surface area contributed by atoms with E-state index < -0.39 is 11.4 Å². The number of nitrogens with zero attached hydrogens (tertiary/aromatic N) is 6. The Kier molecular flexibility index (Phi) is 7.24. The lowest BCUT2D eigenvalue weighted by Gasteiger charge is -2.33. The number of fused-ring (bicyclic) bond motifs is 3. The Hall–Kier alpha value is -4.24. The molecule has 1 unspecified atom stereocenters. The number of carboxylic acids is 1. The topological polar surface area (TPSA) is 98.3 Å². The van der Waals surface area contributed by atoms with E-state index >= 15 is 0 Å². The van der Waals surface area contributed by atoms with Crippen molar-refractivity contribution in [2.24, 2.45) is 19.5 Å². The van der Waals surface area contributed by atoms with Crippen LogP contribution in [0.25, 0.3) is 21.9 Å². The maximum atomic E-state index is 12.7. The molecule has 3 aromatic carbocycles. The number of hydrogen-bond donors (Lipinski definition) is 1. The molecule has 9 nitrogen and oxygen atoms in total. The molecule has 0 bridgehead atoms. The van der Waals surface area contributed by atoms with Crippen LogP contribution in [0.1, 0.15) is 66.5 Å². The van der Waals surface area contributed by atoms with Crippen LogP contribution in [-0.2, 0) is 32.0 Å². The van der Waals surface area contributed by atoms with Gasteiger partial charge in [0.15, 0.2) is 0 Å². The lowest BCUT2D eigenvalue weighted by molar-refractivity contribution is -0.147. The van der Waals surface area contributed by atoms with E-state index in [2.05, 4.69) is 64.5 Å². The molecule has 0 radical (unpaired) electrons. The van der Waals surface area contributed by atoms with Crippen LogP contribution in [-0.4, -0.2) is 53.4 Å². The van der Waals surface area contributed by atoms with Crippen molar-refractivity contribution in [2.75, 3.05) is 6.54 Å². The summed E-state index contributed by atoms with van der Waals surface area (Å²) in [6.07, 6.45) is 2.99. The van der Waals surface area contributed by atoms with E-state index in [4.69, 9.17) is 4.74 Å². The zero-order chi connectivity index (χ0) is 30.6. The molecule has 2 aromatic heterocycles. The molecule has 0 spiro atoms. The molecule has 1 N–H and O–H groups in total. The Morgan fingerprint density at radius 2 is 1.93 bits per heavy atom. The molecule has 0 saturated carbocycles. The first kappa shape index (κ1) is 28.9. The molecule has 9 heteroatoms. The van der Waals surface area contributed by atoms with Crippen LogP contribution in [0, 0.1) is 19.3 Å². The van der Waals surface area contributed by atoms with Crippen molar-refractivity contribution in [1.29, 1.82) is 0 Å². The lowest BCUT2D eigenvalue weighted by atomic mass is 9.69. The van der Waals surface area contributed by atoms with Crippen LogP contribution in [0.2, 0.25) is 0 Å². The molecule has 224 valence electrons. The van der Waals surface area contributed by atoms with Crippen molar-refractivity contribution in [2.45, 2.75) is 66.2 Å². The minimum absolute atomic E-state index is 0.0684. The number of hydrogen-bond acceptors (Lipinski definition) is 6. The van der Waals surface area contributed by atoms with E-state index in [1.165, 1.54) is 11.1 Å². The van der Waals surface area contributed by atoms with Gasteiger partial charge in [-0.3, -0.25) is 14.4 Å². The normalized spacial score (nSPS) is 16.7. The molecule has 0 fully saturated rings. The average Bonchev–Trinajstić information content (AvgIpc) is 3.46. The summed E-state index contributed by atoms with van der Waals surface area (Å²) < 4.78 is 10.1. The smallest absolute Gasteiger partial charge is 0.310 e. The highest BCUT2D eigenvalue weighted by molar-refractivity contribution is 5.82. The minimum atomic E-state index is -1.07. The summed E-state index contributed by atoms with van der Waals surface area (Å²) in [6, 6.07) is 14.7. The number of ether oxygens (including phenoxy) is 1. The molecule has 1 aliphatic heterocycles. The molecule has 2 atom stereocenters. The van der Waals surface area contributed by atoms with E-state index in [0.717, 1.165) is 76.0 Å². The molecule has 5 aromatic rings. The number of rotatable bonds is 7. The first-order valence-corrected chi connectivity index (χ1v) is 14.9. The van der Waals surface area contributed by atoms with Crippen molar-refractivity contribution in [3.05, 3.63) is 82.0 Å². The van der Waals surface area contributed by atoms with Crippen LogP contribution in [0.4, 0.5) is 0 Å². The van der Waals surface area contributed by atoms with Crippen LogP contribution in [0.3, 0.4) is 0 Å². The van der Waals surface area contributed by atoms with Gasteiger partial charge >= 0.3 is 5.97 Å². The molecule has 0 amide bonds. The third-order valence-electron chi connectivity index (χ3n) is 9.17. The summed E-state index contributed by atoms with van der Waals surface area (Å²) in [4.78, 5) is 15.2. The number of benzene rings is 3. The van der Waals surface area contributed by atoms with Crippen LogP contribution < -0.4 is 4.74 Å². The Labute approximate surface area is 252 Å². The molecule has 0 aliphatic carbocycles. The fourth-order valence-electron chi connectivity index (χ4n) is 6.55. The van der Waals surface area contributed by atoms with Crippen LogP contribution in [0.15, 0.2) is 48.7 Å². The van der Waals surface area contributed by atoms with Gasteiger partial charge in [-0.1, -0.05) is 36.4 Å². The summed E-state index contributed by atoms with van der Waals surface area (Å²) in [7, 11) is 3.81. The largest absolute Gasteiger partial charge is 0.489 e. The van der Waals surface area contributed by atoms with Crippen molar-refractivity contribution in [3.8, 4) is 5.75 Å². The van der Waals surface area contributed by atoms with Gasteiger partial charge in [0, 0.05) is 56.8 Å². The zero-order valence-corrected chi connectivity index (χ0v) is 26.0. The number of carboxylic acid groups (broad SMARTS) is 1. The predicted molar refractivity (Wildman–Crippen MR) is 167 cm³/mol. The summed E-state index contributed by atoms with van der Waals surface area (Å²) in [6.45, 7) is 12.2. The highest BCUT2D eigenvalue weighted by atomic mass is 16.5. The SMILES string of the molecule is CC[C@@H]1CN(Cc2cc(C(c3ccc4c(nnn4C)c3C)C(C)(C)C(=O)O)ccc2C)Cc2cc3nn(C)cc3cc2O1. The number of aryl methyl sites for hydroxylation is 4. The third kappa shape index (κ3) is 5.16. The highest BCUT2D eigenvalue weighted by Crippen LogP contribution is 2.44. The molecule has 3 heterocycles. The van der Waals surface area contributed by atoms with Gasteiger partial charge in [0.05, 0.1) is 16.4 Å². The highest BCUT2D eigenvalue weighted by Gasteiger charge is 2.40. The first-order chi connectivity index (χ1) is 20.5. The van der Waals surface area contributed by atoms with E-state index in [0.29, 0.717) is 0 Å². The van der Waals surface area contributed by atoms with Gasteiger partial charge in [-0.25, -0.2) is 4.68 Å². The first-order valence-electron chi connectivity index (χ1n) is 14.9. The Bertz CT molecular complexity index is 1850. The van der Waals surface area contributed by atoms with Crippen molar-refractivity contribution < 1.29 is 14.6 Å². The van der Waals surface area contributed by atoms with Gasteiger partial charge in [-0.2, -0.15) is 5.10 Å². The van der Waals surface area contributed by atoms with Crippen LogP contribution in [0.5, 0.6) is 5.75 Å². The number of carbonyl (C=O) groups is 1. The molecule has 6 rings (SSSR count). The van der Waals surface area contributed by atoms with Gasteiger partial charge in [0.1, 0.15) is 17.4 Å². The van der Waals surface area contributed by atoms with Crippen LogP contribution >= 0.6 is 0 Å². The standard InChI is InChI=1S/C34H40N6O3/c1-8-26-19-40(18-25-14-28-24(15-30(25)43-26)16-38(6)36-28)17-23-13-22(10-9-20(23)2)31(34(4,5)33(41)42)27-11-12-29-32(21(27)3)35-37-39(29)7/h9-16,26,31H,8,17-19H2,1-7H3,(H,41,42)/t26-,31?/m1/s1. The van der Waals surface area contributed by atoms with Gasteiger partial charge in [0.2, 0.25) is 0 Å². The van der Waals surface area contributed by atoms with Gasteiger partial charge in [0.25, 0.3) is 0 Å². The molecular formula is C34H40N6O3. The monoisotopic (exact) mass is 580 g/mol. The Morgan fingerprint density at radius 1 is 1.14 bits per heavy atom. The number of aliphatic carboxylic acids is 1. The fraction of sp³-hybridized carbons (Fsp3) is 0.412. The summed E-state index contributed by atoms with van der Waals surface area (Å²) >= 11 is 0. The van der Waals surface area contributed by atoms with E-state index in [1.54, 1.807) is 4.68 Å². The second kappa shape index (κ2) is 10.8. The summed E-state index contributed by atoms with van der Waals surface area (Å²) in [5.74, 6) is -0.297. The molecule has 0 saturated heterocycles. The average molecular weight is 581 g/mol. The molecular weight excluding hydrogens is 540 g/mol. The maximum Gasteiger partial charge on any atom is 0.310 e. The van der Waals surface area contributed by atoms with E-state index in [1.807, 2.05) is 57.9 Å². The number of aromatic nitrogens is 5. The fourth-order valence-corrected chi connectivity index (χ4v) is 6.55. The maximum absolute atomic E-state index is 12.7. The minimum Gasteiger partial charge on any atom is -0.489 e. The summed E-state index contributed by atoms with van der Waals surface area (Å²) in [5.41, 5.74) is 8.01. The Morgan fingerprint density at radius 3 is 2.67 bits per heavy atom. The summed E-state index contributed by atoms with van der Waals surface area (Å²) in [5, 5.41) is 24.7. The molecule has 43 heavy (non-hydrogen) atoms. The van der Waals surface area contributed by atoms with Crippen molar-refractivity contribution in [3.63, 3.8) is 0 Å². The zero-order valence-electron chi connectivity index (χ0n) is 26.0. The van der Waals surface area contributed by atoms with Gasteiger partial charge in [-0.15, -0.1) is 5.10 Å². The lowest BCUT2D eigenvalue weighted by Crippen LogP contribution is -2.33. The van der Waals surface area contributed by atoms with Gasteiger partial charge < -0.3 is 9.84 Å². The van der Waals surface area contributed by atoms with Gasteiger partial charge in [-0.05, 0) is 80.1 Å². The predicted octanol–water partition coefficient (Wildman–Crippen LogP) is 5.89. The van der Waals surface area contributed by atoms with Crippen molar-refractivity contribution in [1.82, 2.24) is 29.7 Å². The third-order valence-corrected chi connectivity index (χ3v) is 9.17. The quantitative estimate of drug-likeness (QED) is 0.256. The molecule has 1 aliphatic rings. The second-order valence-electron chi connectivity index (χ2n) is 12.6. The second-order valence-corrected chi connectivity index (χ2v) is 12.6. The van der Waals surface area contributed by atoms with E-state index in [9.17, 15) is 9.90 Å². The van der Waals surface area contributed by atoms with Crippen molar-refractivity contribution >= 4 is 27.9 Å². The Balaban J connectivity index is 1.39. The van der Waals surface area contributed by atoms with E-state index in [-0.39, 0.29) is 12.0 Å².